The first-order valence-electron chi connectivity index (χ1n) is 9.01. The Hall–Kier alpha value is -3.24. The average molecular weight is 463 g/mol. The number of Topliss-reactive ketones (excluding diaryl/α,β-unsaturated/α-hetero) is 1. The van der Waals surface area contributed by atoms with Gasteiger partial charge in [0, 0.05) is 5.56 Å². The molecule has 0 unspecified atom stereocenters. The molecule has 0 aromatic heterocycles. The maximum Gasteiger partial charge on any atom is 0.262 e. The molecular weight excluding hydrogens is 443 g/mol. The molecule has 0 radical (unpaired) electrons. The summed E-state index contributed by atoms with van der Waals surface area (Å²) in [5.74, 6) is -0.942. The van der Waals surface area contributed by atoms with Gasteiger partial charge in [0.1, 0.15) is 5.82 Å². The summed E-state index contributed by atoms with van der Waals surface area (Å²) in [6, 6.07) is 14.7. The molecule has 3 aromatic carbocycles. The van der Waals surface area contributed by atoms with Gasteiger partial charge >= 0.3 is 0 Å². The first-order valence-corrected chi connectivity index (χ1v) is 12.0. The first kappa shape index (κ1) is 22.4. The summed E-state index contributed by atoms with van der Waals surface area (Å²) in [7, 11) is -8.22. The fraction of sp³-hybridized carbons (Fsp3) is 0.0952. The zero-order valence-corrected chi connectivity index (χ0v) is 18.2. The third-order valence-corrected chi connectivity index (χ3v) is 7.32. The quantitative estimate of drug-likeness (QED) is 0.517. The van der Waals surface area contributed by atoms with E-state index >= 15 is 0 Å². The summed E-state index contributed by atoms with van der Waals surface area (Å²) in [6.45, 7) is 2.90. The third kappa shape index (κ3) is 5.09. The Labute approximate surface area is 180 Å². The number of halogens is 1. The average Bonchev–Trinajstić information content (AvgIpc) is 2.71. The molecule has 0 amide bonds. The number of nitrogens with one attached hydrogen (secondary N) is 2. The van der Waals surface area contributed by atoms with E-state index in [4.69, 9.17) is 0 Å². The van der Waals surface area contributed by atoms with E-state index in [2.05, 4.69) is 9.44 Å². The van der Waals surface area contributed by atoms with Crippen molar-refractivity contribution in [2.45, 2.75) is 23.6 Å². The van der Waals surface area contributed by atoms with Crippen LogP contribution in [0.3, 0.4) is 0 Å². The van der Waals surface area contributed by atoms with Crippen molar-refractivity contribution in [3.63, 3.8) is 0 Å². The van der Waals surface area contributed by atoms with E-state index in [0.717, 1.165) is 12.1 Å². The van der Waals surface area contributed by atoms with Crippen molar-refractivity contribution in [3.05, 3.63) is 83.7 Å². The van der Waals surface area contributed by atoms with Crippen LogP contribution in [0.5, 0.6) is 0 Å². The van der Waals surface area contributed by atoms with Gasteiger partial charge in [-0.1, -0.05) is 30.3 Å². The van der Waals surface area contributed by atoms with E-state index < -0.39 is 25.9 Å². The number of hydrogen-bond acceptors (Lipinski definition) is 5. The maximum atomic E-state index is 13.9. The highest BCUT2D eigenvalue weighted by molar-refractivity contribution is 7.93. The predicted octanol–water partition coefficient (Wildman–Crippen LogP) is 3.94. The van der Waals surface area contributed by atoms with Crippen LogP contribution in [0.1, 0.15) is 22.8 Å². The number of hydrogen-bond donors (Lipinski definition) is 2. The highest BCUT2D eigenvalue weighted by Crippen LogP contribution is 2.25. The van der Waals surface area contributed by atoms with Crippen LogP contribution in [0, 0.1) is 12.7 Å². The summed E-state index contributed by atoms with van der Waals surface area (Å²) in [6.07, 6.45) is 0. The molecule has 31 heavy (non-hydrogen) atoms. The molecule has 7 nitrogen and oxygen atoms in total. The Morgan fingerprint density at radius 2 is 1.48 bits per heavy atom. The van der Waals surface area contributed by atoms with Crippen molar-refractivity contribution in [2.75, 3.05) is 9.44 Å². The summed E-state index contributed by atoms with van der Waals surface area (Å²) in [4.78, 5) is 11.1. The zero-order valence-electron chi connectivity index (χ0n) is 16.6. The first-order chi connectivity index (χ1) is 14.5. The number of carbonyl (C=O) groups is 1. The summed E-state index contributed by atoms with van der Waals surface area (Å²) >= 11 is 0. The molecule has 0 bridgehead atoms. The Morgan fingerprint density at radius 1 is 0.839 bits per heavy atom. The van der Waals surface area contributed by atoms with Gasteiger partial charge < -0.3 is 0 Å². The van der Waals surface area contributed by atoms with E-state index in [0.29, 0.717) is 11.1 Å². The van der Waals surface area contributed by atoms with Gasteiger partial charge in [-0.25, -0.2) is 21.2 Å². The molecule has 10 heteroatoms. The third-order valence-electron chi connectivity index (χ3n) is 4.42. The van der Waals surface area contributed by atoms with Gasteiger partial charge in [-0.05, 0) is 55.8 Å². The number of benzene rings is 3. The maximum absolute atomic E-state index is 13.9. The molecule has 0 aliphatic rings. The van der Waals surface area contributed by atoms with Crippen molar-refractivity contribution < 1.29 is 26.0 Å². The molecule has 0 saturated heterocycles. The topological polar surface area (TPSA) is 109 Å². The lowest BCUT2D eigenvalue weighted by molar-refractivity contribution is 0.101. The highest BCUT2D eigenvalue weighted by atomic mass is 32.2. The van der Waals surface area contributed by atoms with E-state index in [1.54, 1.807) is 0 Å². The predicted molar refractivity (Wildman–Crippen MR) is 116 cm³/mol. The van der Waals surface area contributed by atoms with Crippen molar-refractivity contribution in [2.24, 2.45) is 0 Å². The number of carbonyl (C=O) groups excluding carboxylic acids is 1. The summed E-state index contributed by atoms with van der Waals surface area (Å²) in [5.41, 5.74) is 0.494. The lowest BCUT2D eigenvalue weighted by atomic mass is 10.2. The van der Waals surface area contributed by atoms with Crippen LogP contribution < -0.4 is 9.44 Å². The van der Waals surface area contributed by atoms with Crippen molar-refractivity contribution >= 4 is 37.2 Å². The van der Waals surface area contributed by atoms with Crippen LogP contribution in [-0.4, -0.2) is 22.6 Å². The SMILES string of the molecule is CC(=O)c1ccc(S(=O)(=O)Nc2ccc(C)c(S(=O)(=O)Nc3ccccc3F)c2)cc1. The molecule has 3 rings (SSSR count). The summed E-state index contributed by atoms with van der Waals surface area (Å²) < 4.78 is 69.2. The van der Waals surface area contributed by atoms with E-state index in [1.807, 2.05) is 0 Å². The van der Waals surface area contributed by atoms with Gasteiger partial charge in [0.05, 0.1) is 21.2 Å². The molecular formula is C21H19FN2O5S2. The van der Waals surface area contributed by atoms with E-state index in [-0.39, 0.29) is 26.9 Å². The minimum absolute atomic E-state index is 0.00940. The second-order valence-corrected chi connectivity index (χ2v) is 10.1. The normalized spacial score (nSPS) is 11.7. The molecule has 0 heterocycles. The van der Waals surface area contributed by atoms with Gasteiger partial charge in [0.2, 0.25) is 0 Å². The smallest absolute Gasteiger partial charge is 0.262 e. The monoisotopic (exact) mass is 462 g/mol. The molecule has 0 spiro atoms. The van der Waals surface area contributed by atoms with E-state index in [1.165, 1.54) is 68.4 Å². The van der Waals surface area contributed by atoms with E-state index in [9.17, 15) is 26.0 Å². The molecule has 0 saturated carbocycles. The fourth-order valence-electron chi connectivity index (χ4n) is 2.78. The minimum Gasteiger partial charge on any atom is -0.295 e. The van der Waals surface area contributed by atoms with Crippen LogP contribution >= 0.6 is 0 Å². The lowest BCUT2D eigenvalue weighted by Gasteiger charge is -2.14. The van der Waals surface area contributed by atoms with Crippen LogP contribution in [0.25, 0.3) is 0 Å². The Kier molecular flexibility index (Phi) is 6.14. The zero-order chi connectivity index (χ0) is 22.8. The molecule has 0 atom stereocenters. The molecule has 2 N–H and O–H groups in total. The second-order valence-electron chi connectivity index (χ2n) is 6.75. The molecule has 0 fully saturated rings. The molecule has 0 aliphatic heterocycles. The standard InChI is InChI=1S/C21H19FN2O5S2/c1-14-7-10-17(23-30(26,27)18-11-8-16(9-12-18)15(2)25)13-21(14)31(28,29)24-20-6-4-3-5-19(20)22/h3-13,23-24H,1-2H3. The number of ketones is 1. The van der Waals surface area contributed by atoms with Crippen LogP contribution in [-0.2, 0) is 20.0 Å². The van der Waals surface area contributed by atoms with Gasteiger partial charge in [-0.3, -0.25) is 14.2 Å². The molecule has 0 aliphatic carbocycles. The highest BCUT2D eigenvalue weighted by Gasteiger charge is 2.21. The van der Waals surface area contributed by atoms with Gasteiger partial charge in [-0.15, -0.1) is 0 Å². The van der Waals surface area contributed by atoms with Crippen molar-refractivity contribution in [1.82, 2.24) is 0 Å². The second kappa shape index (κ2) is 8.48. The number of aryl methyl sites for hydroxylation is 1. The number of sulfonamides is 2. The van der Waals surface area contributed by atoms with Crippen LogP contribution in [0.4, 0.5) is 15.8 Å². The van der Waals surface area contributed by atoms with Crippen LogP contribution in [0.2, 0.25) is 0 Å². The Balaban J connectivity index is 1.91. The van der Waals surface area contributed by atoms with Gasteiger partial charge in [0.25, 0.3) is 20.0 Å². The Morgan fingerprint density at radius 3 is 2.10 bits per heavy atom. The van der Waals surface area contributed by atoms with Crippen molar-refractivity contribution in [1.29, 1.82) is 0 Å². The largest absolute Gasteiger partial charge is 0.295 e. The lowest BCUT2D eigenvalue weighted by Crippen LogP contribution is -2.17. The van der Waals surface area contributed by atoms with Gasteiger partial charge in [-0.2, -0.15) is 0 Å². The number of anilines is 2. The number of para-hydroxylation sites is 1. The van der Waals surface area contributed by atoms with Crippen molar-refractivity contribution in [3.8, 4) is 0 Å². The summed E-state index contributed by atoms with van der Waals surface area (Å²) in [5, 5.41) is 0. The molecule has 162 valence electrons. The Bertz CT molecular complexity index is 1350. The number of rotatable bonds is 7. The van der Waals surface area contributed by atoms with Gasteiger partial charge in [0.15, 0.2) is 5.78 Å². The molecule has 3 aromatic rings. The van der Waals surface area contributed by atoms with Crippen LogP contribution in [0.15, 0.2) is 76.5 Å². The minimum atomic E-state index is -4.19. The fourth-order valence-corrected chi connectivity index (χ4v) is 5.17.